The maximum Gasteiger partial charge on any atom is 0.343 e. The predicted octanol–water partition coefficient (Wildman–Crippen LogP) is 1.64. The minimum absolute atomic E-state index is 0.133. The highest BCUT2D eigenvalue weighted by Gasteiger charge is 2.19. The number of hydrogen-bond donors (Lipinski definition) is 2. The highest BCUT2D eigenvalue weighted by Crippen LogP contribution is 2.32. The van der Waals surface area contributed by atoms with Gasteiger partial charge < -0.3 is 10.2 Å². The summed E-state index contributed by atoms with van der Waals surface area (Å²) in [4.78, 5) is 10.6. The fourth-order valence-electron chi connectivity index (χ4n) is 0.658. The van der Waals surface area contributed by atoms with Crippen LogP contribution in [0.2, 0.25) is 0 Å². The lowest BCUT2D eigenvalue weighted by molar-refractivity contribution is 0.0690. The maximum absolute atomic E-state index is 10.6. The molecule has 2 N–H and O–H groups in total. The van der Waals surface area contributed by atoms with Crippen LogP contribution < -0.4 is 0 Å². The molecule has 0 saturated heterocycles. The Morgan fingerprint density at radius 2 is 2.46 bits per heavy atom. The van der Waals surface area contributed by atoms with Crippen molar-refractivity contribution < 1.29 is 15.0 Å². The van der Waals surface area contributed by atoms with E-state index in [1.165, 1.54) is 17.1 Å². The van der Waals surface area contributed by atoms with Gasteiger partial charge in [-0.3, -0.25) is 0 Å². The van der Waals surface area contributed by atoms with E-state index in [4.69, 9.17) is 10.2 Å². The quantitative estimate of drug-likeness (QED) is 0.610. The number of hydrogen-bond acceptors (Lipinski definition) is 6. The van der Waals surface area contributed by atoms with Crippen molar-refractivity contribution in [2.24, 2.45) is 0 Å². The number of rotatable bonds is 4. The van der Waals surface area contributed by atoms with Gasteiger partial charge in [-0.25, -0.2) is 4.79 Å². The van der Waals surface area contributed by atoms with E-state index in [0.717, 1.165) is 11.5 Å². The minimum atomic E-state index is -1.17. The molecule has 1 heterocycles. The van der Waals surface area contributed by atoms with Gasteiger partial charge in [0.15, 0.2) is 0 Å². The molecule has 0 aliphatic heterocycles. The van der Waals surface area contributed by atoms with Crippen LogP contribution in [0.5, 0.6) is 5.88 Å². The minimum Gasteiger partial charge on any atom is -0.492 e. The lowest BCUT2D eigenvalue weighted by atomic mass is 10.4. The van der Waals surface area contributed by atoms with Gasteiger partial charge in [0.2, 0.25) is 5.88 Å². The molecule has 4 nitrogen and oxygen atoms in total. The van der Waals surface area contributed by atoms with Crippen LogP contribution in [0.4, 0.5) is 0 Å². The third-order valence-electron chi connectivity index (χ3n) is 1.14. The van der Waals surface area contributed by atoms with Gasteiger partial charge in [-0.05, 0) is 16.9 Å². The number of nitrogens with zero attached hydrogens (tertiary/aromatic N) is 1. The van der Waals surface area contributed by atoms with Gasteiger partial charge in [0, 0.05) is 5.75 Å². The number of thiocarbonyl (C=S) groups is 1. The van der Waals surface area contributed by atoms with E-state index < -0.39 is 11.8 Å². The lowest BCUT2D eigenvalue weighted by Crippen LogP contribution is -1.96. The zero-order chi connectivity index (χ0) is 9.84. The Morgan fingerprint density at radius 3 is 3.00 bits per heavy atom. The zero-order valence-electron chi connectivity index (χ0n) is 6.26. The normalized spacial score (nSPS) is 9.85. The summed E-state index contributed by atoms with van der Waals surface area (Å²) in [6.45, 7) is 0. The van der Waals surface area contributed by atoms with E-state index in [9.17, 15) is 4.79 Å². The summed E-state index contributed by atoms with van der Waals surface area (Å²) in [5.41, 5.74) is -0.133. The van der Waals surface area contributed by atoms with E-state index in [-0.39, 0.29) is 5.56 Å². The SMILES string of the molecule is O=C(O)c1c(O)nsc1SCC=S. The molecule has 0 spiro atoms. The number of carbonyl (C=O) groups is 1. The van der Waals surface area contributed by atoms with Gasteiger partial charge in [-0.15, -0.1) is 11.8 Å². The molecule has 1 aromatic rings. The van der Waals surface area contributed by atoms with Crippen molar-refractivity contribution >= 4 is 46.8 Å². The highest BCUT2D eigenvalue weighted by atomic mass is 32.2. The fourth-order valence-corrected chi connectivity index (χ4v) is 2.46. The third-order valence-corrected chi connectivity index (χ3v) is 3.53. The molecule has 0 radical (unpaired) electrons. The Balaban J connectivity index is 2.93. The summed E-state index contributed by atoms with van der Waals surface area (Å²) < 4.78 is 4.02. The van der Waals surface area contributed by atoms with Crippen molar-refractivity contribution in [3.8, 4) is 5.88 Å². The van der Waals surface area contributed by atoms with Crippen LogP contribution in [0.3, 0.4) is 0 Å². The summed E-state index contributed by atoms with van der Waals surface area (Å²) in [5.74, 6) is -1.07. The fraction of sp³-hybridized carbons (Fsp3) is 0.167. The van der Waals surface area contributed by atoms with E-state index in [0.29, 0.717) is 9.96 Å². The van der Waals surface area contributed by atoms with Gasteiger partial charge >= 0.3 is 5.97 Å². The summed E-state index contributed by atoms with van der Waals surface area (Å²) in [5, 5.41) is 19.3. The van der Waals surface area contributed by atoms with Crippen LogP contribution in [0, 0.1) is 0 Å². The summed E-state index contributed by atoms with van der Waals surface area (Å²) in [6, 6.07) is 0. The molecule has 0 saturated carbocycles. The molecule has 1 rings (SSSR count). The van der Waals surface area contributed by atoms with Gasteiger partial charge in [-0.2, -0.15) is 4.37 Å². The molecule has 0 aliphatic rings. The second-order valence-electron chi connectivity index (χ2n) is 1.95. The molecular formula is C6H5NO3S3. The Bertz CT molecular complexity index is 336. The monoisotopic (exact) mass is 235 g/mol. The van der Waals surface area contributed by atoms with E-state index >= 15 is 0 Å². The molecule has 0 bridgehead atoms. The van der Waals surface area contributed by atoms with Gasteiger partial charge in [-0.1, -0.05) is 12.2 Å². The molecule has 0 amide bonds. The average molecular weight is 235 g/mol. The molecule has 0 aliphatic carbocycles. The first-order valence-corrected chi connectivity index (χ1v) is 5.38. The molecule has 0 aromatic carbocycles. The van der Waals surface area contributed by atoms with E-state index in [2.05, 4.69) is 16.6 Å². The molecule has 0 atom stereocenters. The second kappa shape index (κ2) is 4.54. The second-order valence-corrected chi connectivity index (χ2v) is 4.35. The Kier molecular flexibility index (Phi) is 3.64. The Hall–Kier alpha value is -0.660. The van der Waals surface area contributed by atoms with Crippen molar-refractivity contribution in [1.82, 2.24) is 4.37 Å². The third kappa shape index (κ3) is 2.39. The average Bonchev–Trinajstić information content (AvgIpc) is 2.43. The topological polar surface area (TPSA) is 70.4 Å². The zero-order valence-corrected chi connectivity index (χ0v) is 8.71. The number of carboxylic acid groups (broad SMARTS) is 1. The number of aromatic carboxylic acids is 1. The first-order chi connectivity index (χ1) is 6.16. The van der Waals surface area contributed by atoms with E-state index in [1.807, 2.05) is 0 Å². The van der Waals surface area contributed by atoms with Crippen molar-refractivity contribution in [3.05, 3.63) is 5.56 Å². The smallest absolute Gasteiger partial charge is 0.343 e. The van der Waals surface area contributed by atoms with Crippen molar-refractivity contribution in [2.45, 2.75) is 4.21 Å². The number of aromatic hydroxyl groups is 1. The van der Waals surface area contributed by atoms with Crippen LogP contribution in [-0.2, 0) is 0 Å². The Labute approximate surface area is 87.8 Å². The molecule has 0 unspecified atom stereocenters. The standard InChI is InChI=1S/C6H5NO3S3/c8-4-3(5(9)10)6(13-7-4)12-2-1-11/h1H,2H2,(H,7,8)(H,9,10). The summed E-state index contributed by atoms with van der Waals surface area (Å²) >= 11 is 6.81. The van der Waals surface area contributed by atoms with Gasteiger partial charge in [0.25, 0.3) is 0 Å². The van der Waals surface area contributed by atoms with Crippen molar-refractivity contribution in [2.75, 3.05) is 5.75 Å². The highest BCUT2D eigenvalue weighted by molar-refractivity contribution is 8.02. The molecule has 70 valence electrons. The first-order valence-electron chi connectivity index (χ1n) is 3.15. The number of thioether (sulfide) groups is 1. The predicted molar refractivity (Wildman–Crippen MR) is 55.1 cm³/mol. The van der Waals surface area contributed by atoms with Crippen molar-refractivity contribution in [1.29, 1.82) is 0 Å². The molecule has 1 aromatic heterocycles. The summed E-state index contributed by atoms with van der Waals surface area (Å²) in [6.07, 6.45) is 0. The van der Waals surface area contributed by atoms with Crippen LogP contribution in [-0.4, -0.2) is 31.7 Å². The van der Waals surface area contributed by atoms with E-state index in [1.54, 1.807) is 0 Å². The molecule has 7 heteroatoms. The van der Waals surface area contributed by atoms with Crippen LogP contribution in [0.1, 0.15) is 10.4 Å². The van der Waals surface area contributed by atoms with Crippen LogP contribution in [0.15, 0.2) is 4.21 Å². The Morgan fingerprint density at radius 1 is 1.77 bits per heavy atom. The van der Waals surface area contributed by atoms with Crippen LogP contribution in [0.25, 0.3) is 0 Å². The number of aromatic nitrogens is 1. The van der Waals surface area contributed by atoms with Crippen LogP contribution >= 0.6 is 35.5 Å². The van der Waals surface area contributed by atoms with Crippen molar-refractivity contribution in [3.63, 3.8) is 0 Å². The number of carboxylic acids is 1. The van der Waals surface area contributed by atoms with Gasteiger partial charge in [0.05, 0.1) is 4.21 Å². The molecular weight excluding hydrogens is 230 g/mol. The molecule has 0 fully saturated rings. The largest absolute Gasteiger partial charge is 0.492 e. The lowest BCUT2D eigenvalue weighted by Gasteiger charge is -1.94. The first kappa shape index (κ1) is 10.4. The van der Waals surface area contributed by atoms with Gasteiger partial charge in [0.1, 0.15) is 5.56 Å². The summed E-state index contributed by atoms with van der Waals surface area (Å²) in [7, 11) is 0. The maximum atomic E-state index is 10.6. The molecule has 13 heavy (non-hydrogen) atoms.